The smallest absolute Gasteiger partial charge is 0.416 e. The highest BCUT2D eigenvalue weighted by Gasteiger charge is 2.50. The van der Waals surface area contributed by atoms with Crippen molar-refractivity contribution in [2.75, 3.05) is 32.3 Å². The van der Waals surface area contributed by atoms with E-state index in [2.05, 4.69) is 29.2 Å². The molecule has 9 rings (SSSR count). The van der Waals surface area contributed by atoms with Crippen LogP contribution in [0.5, 0.6) is 17.2 Å². The summed E-state index contributed by atoms with van der Waals surface area (Å²) in [4.78, 5) is 10.6. The van der Waals surface area contributed by atoms with Crippen molar-refractivity contribution in [1.82, 2.24) is 15.0 Å². The van der Waals surface area contributed by atoms with Crippen LogP contribution >= 0.6 is 23.4 Å². The van der Waals surface area contributed by atoms with Gasteiger partial charge in [0.25, 0.3) is 0 Å². The number of thioether (sulfide) groups is 1. The highest BCUT2D eigenvalue weighted by molar-refractivity contribution is 7.98. The number of aromatic nitrogens is 3. The molecule has 0 aliphatic carbocycles. The molecular formula is C59H57ClF15N3O14S5. The van der Waals surface area contributed by atoms with Crippen molar-refractivity contribution in [3.8, 4) is 17.2 Å². The standard InChI is InChI=1S/C20H20F5NO6S2.C20H20F5NO4S2.C19H17ClF5NO4S/c1-19(34(29,30)14-5-3-4-12(8-14)20(23,24)25)6-7-31-15(10-19)17-16(33(2,27)28)9-13(11-26-17)32-18(21)22;1-19(32(27,28)14-5-3-4-12(8-14)20(23,24)25)6-7-29-15(10-19)17-16(31-2)9-13(11-26-17)30-18(21)22;1-18(31(27,28)13-4-2-3-11(7-13)19(23,24)25)5-6-29-15(9-18)16-14(20)8-12(10-26-16)30-17(21)22/h3-5,8-9,11,15,18H,6-7,10H2,1-2H3;3-5,8-9,11,15,18H,6-7,10H2,1-2H3;2-4,7-8,10,15,17H,5-6,9H2,1H3. The van der Waals surface area contributed by atoms with Gasteiger partial charge in [0, 0.05) is 43.1 Å². The minimum Gasteiger partial charge on any atom is -0.433 e. The molecule has 0 radical (unpaired) electrons. The lowest BCUT2D eigenvalue weighted by Crippen LogP contribution is -2.42. The molecule has 6 heterocycles. The molecule has 0 bridgehead atoms. The van der Waals surface area contributed by atoms with Gasteiger partial charge in [0.1, 0.15) is 35.6 Å². The second kappa shape index (κ2) is 29.9. The first-order valence-corrected chi connectivity index (χ1v) is 36.0. The second-order valence-corrected chi connectivity index (χ2v) is 33.3. The molecule has 17 nitrogen and oxygen atoms in total. The third-order valence-electron chi connectivity index (χ3n) is 15.8. The monoisotopic (exact) mass is 1510 g/mol. The topological polar surface area (TPSA) is 231 Å². The van der Waals surface area contributed by atoms with Gasteiger partial charge in [-0.25, -0.2) is 33.7 Å². The Kier molecular flexibility index (Phi) is 24.1. The average Bonchev–Trinajstić information content (AvgIpc) is 0.765. The van der Waals surface area contributed by atoms with Crippen LogP contribution in [0, 0.1) is 0 Å². The first-order chi connectivity index (χ1) is 44.7. The number of halogens is 16. The zero-order valence-corrected chi connectivity index (χ0v) is 55.7. The zero-order valence-electron chi connectivity index (χ0n) is 50.9. The highest BCUT2D eigenvalue weighted by atomic mass is 35.5. The SMILES string of the molecule is CC1(S(=O)(=O)c2cccc(C(F)(F)F)c2)CCOC(c2ncc(OC(F)F)cc2Cl)C1.CC1(S(=O)(=O)c2cccc(C(F)(F)F)c2)CCOC(c2ncc(OC(F)F)cc2S(C)(=O)=O)C1.CSc1cc(OC(F)F)cnc1C1CC(C)(S(=O)(=O)c2cccc(C(F)(F)F)c2)CCO1. The van der Waals surface area contributed by atoms with Crippen LogP contribution < -0.4 is 14.2 Å². The molecule has 6 atom stereocenters. The number of hydrogen-bond acceptors (Lipinski definition) is 18. The summed E-state index contributed by atoms with van der Waals surface area (Å²) >= 11 is 7.30. The van der Waals surface area contributed by atoms with E-state index in [0.717, 1.165) is 91.6 Å². The molecule has 0 N–H and O–H groups in total. The van der Waals surface area contributed by atoms with Gasteiger partial charge >= 0.3 is 38.4 Å². The van der Waals surface area contributed by atoms with Crippen LogP contribution in [0.15, 0.2) is 134 Å². The third-order valence-corrected chi connectivity index (χ3v) is 25.7. The Morgan fingerprint density at radius 2 is 0.794 bits per heavy atom. The van der Waals surface area contributed by atoms with Crippen molar-refractivity contribution < 1.29 is 128 Å². The van der Waals surface area contributed by atoms with Crippen LogP contribution in [0.4, 0.5) is 65.9 Å². The maximum atomic E-state index is 13.4. The van der Waals surface area contributed by atoms with Gasteiger partial charge in [-0.05, 0) is 126 Å². The van der Waals surface area contributed by atoms with Gasteiger partial charge in [-0.2, -0.15) is 65.9 Å². The predicted molar refractivity (Wildman–Crippen MR) is 317 cm³/mol. The number of benzene rings is 3. The van der Waals surface area contributed by atoms with Crippen LogP contribution in [-0.2, 0) is 72.1 Å². The van der Waals surface area contributed by atoms with Crippen LogP contribution in [-0.4, -0.2) is 115 Å². The van der Waals surface area contributed by atoms with Crippen LogP contribution in [0.1, 0.15) is 111 Å². The van der Waals surface area contributed by atoms with E-state index in [-0.39, 0.29) is 86.3 Å². The Labute approximate surface area is 555 Å². The van der Waals surface area contributed by atoms with Gasteiger partial charge in [0.15, 0.2) is 39.3 Å². The number of alkyl halides is 15. The molecule has 3 aliphatic heterocycles. The molecule has 0 amide bonds. The molecule has 3 aromatic carbocycles. The maximum Gasteiger partial charge on any atom is 0.416 e. The summed E-state index contributed by atoms with van der Waals surface area (Å²) in [5.74, 6) is -0.948. The van der Waals surface area contributed by atoms with Crippen LogP contribution in [0.2, 0.25) is 5.02 Å². The summed E-state index contributed by atoms with van der Waals surface area (Å²) in [6.45, 7) is -5.28. The Hall–Kier alpha value is -6.22. The molecule has 534 valence electrons. The van der Waals surface area contributed by atoms with Gasteiger partial charge in [-0.15, -0.1) is 11.8 Å². The lowest BCUT2D eigenvalue weighted by molar-refractivity contribution is -0.138. The molecule has 3 aliphatic rings. The number of sulfone groups is 4. The Morgan fingerprint density at radius 1 is 0.485 bits per heavy atom. The maximum absolute atomic E-state index is 13.4. The molecular weight excluding hydrogens is 1460 g/mol. The van der Waals surface area contributed by atoms with E-state index >= 15 is 0 Å². The van der Waals surface area contributed by atoms with E-state index in [9.17, 15) is 99.5 Å². The van der Waals surface area contributed by atoms with Gasteiger partial charge in [-0.3, -0.25) is 15.0 Å². The van der Waals surface area contributed by atoms with E-state index in [4.69, 9.17) is 25.8 Å². The Balaban J connectivity index is 0.000000205. The van der Waals surface area contributed by atoms with Gasteiger partial charge < -0.3 is 28.4 Å². The van der Waals surface area contributed by atoms with Gasteiger partial charge in [0.2, 0.25) is 0 Å². The minimum atomic E-state index is -4.75. The normalized spacial score (nSPS) is 22.2. The fourth-order valence-corrected chi connectivity index (χ4v) is 17.8. The Morgan fingerprint density at radius 3 is 1.11 bits per heavy atom. The second-order valence-electron chi connectivity index (χ2n) is 22.6. The van der Waals surface area contributed by atoms with Gasteiger partial charge in [-0.1, -0.05) is 29.8 Å². The van der Waals surface area contributed by atoms with Crippen molar-refractivity contribution >= 4 is 62.7 Å². The fraction of sp³-hybridized carbons (Fsp3) is 0.441. The number of hydrogen-bond donors (Lipinski definition) is 0. The van der Waals surface area contributed by atoms with E-state index in [0.29, 0.717) is 28.8 Å². The predicted octanol–water partition coefficient (Wildman–Crippen LogP) is 15.1. The lowest BCUT2D eigenvalue weighted by Gasteiger charge is -2.38. The summed E-state index contributed by atoms with van der Waals surface area (Å²) in [6.07, 6.45) is -12.1. The first kappa shape index (κ1) is 78.1. The summed E-state index contributed by atoms with van der Waals surface area (Å²) in [6, 6.07) is 13.8. The average molecular weight is 1510 g/mol. The molecule has 6 unspecified atom stereocenters. The van der Waals surface area contributed by atoms with E-state index in [1.54, 1.807) is 6.26 Å². The molecule has 97 heavy (non-hydrogen) atoms. The molecule has 6 aromatic rings. The summed E-state index contributed by atoms with van der Waals surface area (Å²) in [7, 11) is -16.7. The largest absolute Gasteiger partial charge is 0.433 e. The van der Waals surface area contributed by atoms with Crippen molar-refractivity contribution in [3.63, 3.8) is 0 Å². The van der Waals surface area contributed by atoms with Crippen molar-refractivity contribution in [1.29, 1.82) is 0 Å². The fourth-order valence-electron chi connectivity index (χ4n) is 10.5. The third kappa shape index (κ3) is 18.4. The molecule has 0 saturated carbocycles. The van der Waals surface area contributed by atoms with E-state index < -0.39 is 152 Å². The Bertz CT molecular complexity index is 4280. The number of pyridine rings is 3. The molecule has 3 saturated heterocycles. The zero-order chi connectivity index (χ0) is 72.3. The molecule has 3 aromatic heterocycles. The van der Waals surface area contributed by atoms with E-state index in [1.807, 2.05) is 0 Å². The van der Waals surface area contributed by atoms with Crippen molar-refractivity contribution in [2.45, 2.75) is 155 Å². The summed E-state index contributed by atoms with van der Waals surface area (Å²) in [5.41, 5.74) is -2.99. The van der Waals surface area contributed by atoms with Crippen molar-refractivity contribution in [3.05, 3.63) is 148 Å². The summed E-state index contributed by atoms with van der Waals surface area (Å²) in [5, 5.41) is -0.0659. The quantitative estimate of drug-likeness (QED) is 0.0610. The minimum absolute atomic E-state index is 0.0212. The number of rotatable bonds is 17. The number of nitrogens with zero attached hydrogens (tertiary/aromatic N) is 3. The first-order valence-electron chi connectivity index (χ1n) is 28.1. The summed E-state index contributed by atoms with van der Waals surface area (Å²) < 4.78 is 322. The molecule has 38 heteroatoms. The highest BCUT2D eigenvalue weighted by Crippen LogP contribution is 2.48. The van der Waals surface area contributed by atoms with E-state index in [1.165, 1.54) is 38.6 Å². The van der Waals surface area contributed by atoms with Crippen LogP contribution in [0.25, 0.3) is 0 Å². The molecule has 3 fully saturated rings. The number of ether oxygens (including phenoxy) is 6. The van der Waals surface area contributed by atoms with Crippen molar-refractivity contribution in [2.24, 2.45) is 0 Å². The lowest BCUT2D eigenvalue weighted by atomic mass is 9.94. The molecule has 0 spiro atoms. The van der Waals surface area contributed by atoms with Crippen LogP contribution in [0.3, 0.4) is 0 Å². The van der Waals surface area contributed by atoms with Gasteiger partial charge in [0.05, 0.1) is 91.2 Å².